The van der Waals surface area contributed by atoms with Crippen molar-refractivity contribution in [2.45, 2.75) is 19.4 Å². The highest BCUT2D eigenvalue weighted by atomic mass is 79.9. The van der Waals surface area contributed by atoms with E-state index in [2.05, 4.69) is 15.9 Å². The minimum Gasteiger partial charge on any atom is -0.496 e. The number of carbonyl (C=O) groups excluding carboxylic acids is 2. The number of ether oxygens (including phenoxy) is 1. The van der Waals surface area contributed by atoms with Crippen LogP contribution in [0.1, 0.15) is 28.8 Å². The first-order chi connectivity index (χ1) is 12.5. The van der Waals surface area contributed by atoms with Crippen molar-refractivity contribution in [3.63, 3.8) is 0 Å². The first kappa shape index (κ1) is 18.5. The number of nitrogens with zero attached hydrogens (tertiary/aromatic N) is 2. The van der Waals surface area contributed by atoms with Crippen molar-refractivity contribution >= 4 is 33.4 Å². The van der Waals surface area contributed by atoms with E-state index in [4.69, 9.17) is 4.74 Å². The van der Waals surface area contributed by atoms with Crippen LogP contribution in [0.25, 0.3) is 0 Å². The molecule has 0 spiro atoms. The van der Waals surface area contributed by atoms with Crippen molar-refractivity contribution < 1.29 is 14.3 Å². The summed E-state index contributed by atoms with van der Waals surface area (Å²) in [5.41, 5.74) is 2.37. The van der Waals surface area contributed by atoms with Gasteiger partial charge in [0, 0.05) is 47.8 Å². The molecular weight excluding hydrogens is 396 g/mol. The molecule has 1 aliphatic rings. The average molecular weight is 417 g/mol. The van der Waals surface area contributed by atoms with E-state index in [0.717, 1.165) is 34.4 Å². The van der Waals surface area contributed by atoms with Crippen LogP contribution in [0.4, 0.5) is 5.69 Å². The highest BCUT2D eigenvalue weighted by Gasteiger charge is 2.22. The Bertz CT molecular complexity index is 820. The van der Waals surface area contributed by atoms with E-state index in [1.165, 1.54) is 0 Å². The highest BCUT2D eigenvalue weighted by molar-refractivity contribution is 9.10. The number of hydrogen-bond donors (Lipinski definition) is 0. The van der Waals surface area contributed by atoms with Gasteiger partial charge >= 0.3 is 0 Å². The van der Waals surface area contributed by atoms with E-state index >= 15 is 0 Å². The van der Waals surface area contributed by atoms with Gasteiger partial charge in [-0.05, 0) is 48.9 Å². The molecule has 0 unspecified atom stereocenters. The van der Waals surface area contributed by atoms with E-state index in [-0.39, 0.29) is 11.8 Å². The molecule has 2 aromatic carbocycles. The second-order valence-corrected chi connectivity index (χ2v) is 7.23. The van der Waals surface area contributed by atoms with Gasteiger partial charge in [-0.1, -0.05) is 15.9 Å². The van der Waals surface area contributed by atoms with Crippen molar-refractivity contribution in [3.8, 4) is 5.75 Å². The van der Waals surface area contributed by atoms with Crippen LogP contribution in [-0.2, 0) is 11.3 Å². The number of rotatable bonds is 5. The molecule has 6 heteroatoms. The standard InChI is InChI=1S/C20H21BrN2O3/c1-22(13-15-12-16(21)7-10-18(15)26-2)20(25)14-5-8-17(9-6-14)23-11-3-4-19(23)24/h5-10,12H,3-4,11,13H2,1-2H3. The van der Waals surface area contributed by atoms with Gasteiger partial charge in [0.1, 0.15) is 5.75 Å². The molecule has 136 valence electrons. The Morgan fingerprint density at radius 3 is 2.58 bits per heavy atom. The molecule has 0 N–H and O–H groups in total. The molecule has 0 bridgehead atoms. The minimum absolute atomic E-state index is 0.0775. The molecule has 0 atom stereocenters. The van der Waals surface area contributed by atoms with E-state index in [9.17, 15) is 9.59 Å². The fraction of sp³-hybridized carbons (Fsp3) is 0.300. The zero-order valence-electron chi connectivity index (χ0n) is 14.9. The summed E-state index contributed by atoms with van der Waals surface area (Å²) < 4.78 is 6.31. The predicted octanol–water partition coefficient (Wildman–Crippen LogP) is 3.86. The number of benzene rings is 2. The summed E-state index contributed by atoms with van der Waals surface area (Å²) in [7, 11) is 3.38. The average Bonchev–Trinajstić information content (AvgIpc) is 3.07. The Balaban J connectivity index is 1.72. The fourth-order valence-corrected chi connectivity index (χ4v) is 3.53. The zero-order chi connectivity index (χ0) is 18.7. The molecule has 0 radical (unpaired) electrons. The molecule has 0 aliphatic carbocycles. The van der Waals surface area contributed by atoms with Crippen molar-refractivity contribution in [2.75, 3.05) is 25.6 Å². The van der Waals surface area contributed by atoms with Crippen LogP contribution in [-0.4, -0.2) is 37.4 Å². The van der Waals surface area contributed by atoms with Crippen LogP contribution in [0.2, 0.25) is 0 Å². The summed E-state index contributed by atoms with van der Waals surface area (Å²) in [6.07, 6.45) is 1.48. The minimum atomic E-state index is -0.0775. The van der Waals surface area contributed by atoms with E-state index in [1.807, 2.05) is 30.3 Å². The lowest BCUT2D eigenvalue weighted by atomic mass is 10.1. The molecule has 0 aromatic heterocycles. The first-order valence-corrected chi connectivity index (χ1v) is 9.27. The van der Waals surface area contributed by atoms with Crippen molar-refractivity contribution in [2.24, 2.45) is 0 Å². The largest absolute Gasteiger partial charge is 0.496 e. The Kier molecular flexibility index (Phi) is 5.61. The number of carbonyl (C=O) groups is 2. The molecular formula is C20H21BrN2O3. The molecule has 1 heterocycles. The van der Waals surface area contributed by atoms with Crippen LogP contribution in [0.15, 0.2) is 46.9 Å². The highest BCUT2D eigenvalue weighted by Crippen LogP contribution is 2.25. The van der Waals surface area contributed by atoms with E-state index in [0.29, 0.717) is 18.5 Å². The predicted molar refractivity (Wildman–Crippen MR) is 105 cm³/mol. The third kappa shape index (κ3) is 3.90. The summed E-state index contributed by atoms with van der Waals surface area (Å²) in [5.74, 6) is 0.810. The SMILES string of the molecule is COc1ccc(Br)cc1CN(C)C(=O)c1ccc(N2CCCC2=O)cc1. The quantitative estimate of drug-likeness (QED) is 0.743. The summed E-state index contributed by atoms with van der Waals surface area (Å²) in [4.78, 5) is 28.0. The lowest BCUT2D eigenvalue weighted by Gasteiger charge is -2.20. The van der Waals surface area contributed by atoms with E-state index < -0.39 is 0 Å². The van der Waals surface area contributed by atoms with Crippen molar-refractivity contribution in [3.05, 3.63) is 58.1 Å². The van der Waals surface area contributed by atoms with E-state index in [1.54, 1.807) is 36.1 Å². The molecule has 2 aromatic rings. The Morgan fingerprint density at radius 2 is 1.96 bits per heavy atom. The van der Waals surface area contributed by atoms with Gasteiger partial charge < -0.3 is 14.5 Å². The van der Waals surface area contributed by atoms with Gasteiger partial charge in [0.25, 0.3) is 5.91 Å². The molecule has 2 amide bonds. The smallest absolute Gasteiger partial charge is 0.253 e. The van der Waals surface area contributed by atoms with Gasteiger partial charge in [-0.15, -0.1) is 0 Å². The summed E-state index contributed by atoms with van der Waals surface area (Å²) in [6, 6.07) is 13.0. The maximum absolute atomic E-state index is 12.7. The van der Waals surface area contributed by atoms with Gasteiger partial charge in [-0.2, -0.15) is 0 Å². The van der Waals surface area contributed by atoms with Crippen molar-refractivity contribution in [1.82, 2.24) is 4.90 Å². The maximum atomic E-state index is 12.7. The number of halogens is 1. The monoisotopic (exact) mass is 416 g/mol. The van der Waals surface area contributed by atoms with Gasteiger partial charge in [0.05, 0.1) is 7.11 Å². The normalized spacial score (nSPS) is 13.8. The van der Waals surface area contributed by atoms with Crippen LogP contribution >= 0.6 is 15.9 Å². The van der Waals surface area contributed by atoms with Crippen molar-refractivity contribution in [1.29, 1.82) is 0 Å². The molecule has 1 fully saturated rings. The second-order valence-electron chi connectivity index (χ2n) is 6.31. The molecule has 1 saturated heterocycles. The van der Waals surface area contributed by atoms with Crippen LogP contribution in [0.5, 0.6) is 5.75 Å². The Morgan fingerprint density at radius 1 is 1.23 bits per heavy atom. The topological polar surface area (TPSA) is 49.9 Å². The third-order valence-electron chi connectivity index (χ3n) is 4.50. The number of amides is 2. The molecule has 3 rings (SSSR count). The number of methoxy groups -OCH3 is 1. The Labute approximate surface area is 161 Å². The summed E-state index contributed by atoms with van der Waals surface area (Å²) >= 11 is 3.45. The van der Waals surface area contributed by atoms with Gasteiger partial charge in [-0.3, -0.25) is 9.59 Å². The molecule has 0 saturated carbocycles. The van der Waals surface area contributed by atoms with Crippen LogP contribution in [0, 0.1) is 0 Å². The maximum Gasteiger partial charge on any atom is 0.253 e. The van der Waals surface area contributed by atoms with Crippen LogP contribution in [0.3, 0.4) is 0 Å². The number of hydrogen-bond acceptors (Lipinski definition) is 3. The lowest BCUT2D eigenvalue weighted by molar-refractivity contribution is -0.117. The molecule has 26 heavy (non-hydrogen) atoms. The third-order valence-corrected chi connectivity index (χ3v) is 4.99. The summed E-state index contributed by atoms with van der Waals surface area (Å²) in [6.45, 7) is 1.18. The van der Waals surface area contributed by atoms with Gasteiger partial charge in [0.2, 0.25) is 5.91 Å². The zero-order valence-corrected chi connectivity index (χ0v) is 16.5. The number of anilines is 1. The van der Waals surface area contributed by atoms with Gasteiger partial charge in [0.15, 0.2) is 0 Å². The van der Waals surface area contributed by atoms with Crippen LogP contribution < -0.4 is 9.64 Å². The first-order valence-electron chi connectivity index (χ1n) is 8.48. The Hall–Kier alpha value is -2.34. The second kappa shape index (κ2) is 7.91. The molecule has 1 aliphatic heterocycles. The fourth-order valence-electron chi connectivity index (χ4n) is 3.12. The van der Waals surface area contributed by atoms with Gasteiger partial charge in [-0.25, -0.2) is 0 Å². The molecule has 5 nitrogen and oxygen atoms in total. The summed E-state index contributed by atoms with van der Waals surface area (Å²) in [5, 5.41) is 0. The lowest BCUT2D eigenvalue weighted by Crippen LogP contribution is -2.27.